The number of carbonyl (C=O) groups excluding carboxylic acids is 2. The lowest BCUT2D eigenvalue weighted by Gasteiger charge is -2.33. The Morgan fingerprint density at radius 1 is 1.02 bits per heavy atom. The van der Waals surface area contributed by atoms with Crippen LogP contribution in [-0.4, -0.2) is 58.5 Å². The van der Waals surface area contributed by atoms with Gasteiger partial charge in [-0.25, -0.2) is 18.3 Å². The molecule has 0 spiro atoms. The molecule has 0 radical (unpaired) electrons. The van der Waals surface area contributed by atoms with Crippen LogP contribution in [0.25, 0.3) is 5.65 Å². The summed E-state index contributed by atoms with van der Waals surface area (Å²) in [6.07, 6.45) is 7.82. The van der Waals surface area contributed by atoms with Crippen LogP contribution in [0.2, 0.25) is 0 Å². The number of nitrogens with one attached hydrogen (secondary N) is 2. The first kappa shape index (κ1) is 29.6. The van der Waals surface area contributed by atoms with Gasteiger partial charge in [-0.05, 0) is 73.3 Å². The molecule has 3 aromatic heterocycles. The summed E-state index contributed by atoms with van der Waals surface area (Å²) < 4.78 is 29.7. The van der Waals surface area contributed by atoms with Gasteiger partial charge in [-0.2, -0.15) is 15.0 Å². The van der Waals surface area contributed by atoms with Gasteiger partial charge in [0.05, 0.1) is 42.9 Å². The number of alkyl halides is 2. The van der Waals surface area contributed by atoms with Crippen LogP contribution in [0.3, 0.4) is 0 Å². The summed E-state index contributed by atoms with van der Waals surface area (Å²) in [5, 5.41) is 29.6. The second kappa shape index (κ2) is 11.2. The number of rotatable bonds is 10. The number of imidazole rings is 1. The van der Waals surface area contributed by atoms with Gasteiger partial charge in [0.1, 0.15) is 6.10 Å². The zero-order valence-electron chi connectivity index (χ0n) is 24.8. The van der Waals surface area contributed by atoms with Gasteiger partial charge in [0, 0.05) is 12.8 Å². The second-order valence-electron chi connectivity index (χ2n) is 13.7. The van der Waals surface area contributed by atoms with Crippen LogP contribution in [0.4, 0.5) is 8.78 Å². The molecule has 3 aromatic rings. The monoisotopic (exact) mass is 598 g/mol. The molecule has 13 heteroatoms. The molecule has 3 saturated carbocycles. The normalized spacial score (nSPS) is 21.3. The summed E-state index contributed by atoms with van der Waals surface area (Å²) in [5.41, 5.74) is 1.38. The number of aliphatic hydroxyl groups is 1. The van der Waals surface area contributed by atoms with Crippen LogP contribution in [0.5, 0.6) is 0 Å². The number of fused-ring (bicyclic) bond motifs is 1. The highest BCUT2D eigenvalue weighted by Gasteiger charge is 2.40. The van der Waals surface area contributed by atoms with Crippen molar-refractivity contribution in [2.75, 3.05) is 0 Å². The van der Waals surface area contributed by atoms with Gasteiger partial charge < -0.3 is 15.7 Å². The molecule has 3 aliphatic rings. The Labute approximate surface area is 248 Å². The lowest BCUT2D eigenvalue weighted by atomic mass is 9.81. The van der Waals surface area contributed by atoms with Crippen molar-refractivity contribution >= 4 is 17.5 Å². The van der Waals surface area contributed by atoms with E-state index in [0.29, 0.717) is 23.8 Å². The molecule has 0 unspecified atom stereocenters. The molecular formula is C30H40F2N8O3. The van der Waals surface area contributed by atoms with Crippen LogP contribution in [0, 0.1) is 23.2 Å². The lowest BCUT2D eigenvalue weighted by molar-refractivity contribution is -0.135. The predicted molar refractivity (Wildman–Crippen MR) is 152 cm³/mol. The molecule has 3 fully saturated rings. The fourth-order valence-corrected chi connectivity index (χ4v) is 5.82. The molecule has 0 aliphatic heterocycles. The minimum absolute atomic E-state index is 0.177. The van der Waals surface area contributed by atoms with Gasteiger partial charge in [-0.15, -0.1) is 5.10 Å². The average molecular weight is 599 g/mol. The summed E-state index contributed by atoms with van der Waals surface area (Å²) in [6.45, 7) is 6.10. The highest BCUT2D eigenvalue weighted by atomic mass is 19.3. The Kier molecular flexibility index (Phi) is 7.72. The summed E-state index contributed by atoms with van der Waals surface area (Å²) in [4.78, 5) is 32.5. The topological polar surface area (TPSA) is 139 Å². The number of aliphatic hydroxyl groups excluding tert-OH is 1. The highest BCUT2D eigenvalue weighted by molar-refractivity contribution is 5.92. The Morgan fingerprint density at radius 3 is 2.37 bits per heavy atom. The zero-order valence-corrected chi connectivity index (χ0v) is 24.8. The van der Waals surface area contributed by atoms with Crippen molar-refractivity contribution in [3.8, 4) is 0 Å². The Hall–Kier alpha value is -3.48. The van der Waals surface area contributed by atoms with Gasteiger partial charge in [0.2, 0.25) is 11.8 Å². The molecule has 11 nitrogen and oxygen atoms in total. The van der Waals surface area contributed by atoms with Crippen molar-refractivity contribution in [3.05, 3.63) is 41.6 Å². The van der Waals surface area contributed by atoms with Crippen LogP contribution < -0.4 is 10.6 Å². The first-order valence-electron chi connectivity index (χ1n) is 15.3. The van der Waals surface area contributed by atoms with E-state index < -0.39 is 35.3 Å². The largest absolute Gasteiger partial charge is 0.383 e. The minimum Gasteiger partial charge on any atom is -0.383 e. The molecule has 3 atom stereocenters. The van der Waals surface area contributed by atoms with Crippen LogP contribution in [-0.2, 0) is 11.3 Å². The molecule has 0 aromatic carbocycles. The van der Waals surface area contributed by atoms with E-state index in [9.17, 15) is 23.5 Å². The van der Waals surface area contributed by atoms with E-state index in [0.717, 1.165) is 31.2 Å². The summed E-state index contributed by atoms with van der Waals surface area (Å²) in [5.74, 6) is -3.03. The Balaban J connectivity index is 1.25. The number of aromatic nitrogens is 6. The zero-order chi connectivity index (χ0) is 30.5. The number of hydrogen-bond acceptors (Lipinski definition) is 7. The molecular weight excluding hydrogens is 558 g/mol. The van der Waals surface area contributed by atoms with Gasteiger partial charge >= 0.3 is 0 Å². The molecule has 3 N–H and O–H groups in total. The second-order valence-corrected chi connectivity index (χ2v) is 13.7. The predicted octanol–water partition coefficient (Wildman–Crippen LogP) is 4.00. The molecule has 2 amide bonds. The molecule has 3 aliphatic carbocycles. The SMILES string of the molecule is CC(C)(C)[C@@H](O)C(=O)N[C@@H](c1cnn2cc([C@@H](NC(=O)c3cnn(CC4CC4)n3)C3CCC(F)(F)CC3)nc2c1)C1CC1. The van der Waals surface area contributed by atoms with E-state index >= 15 is 0 Å². The molecule has 3 heterocycles. The van der Waals surface area contributed by atoms with E-state index in [2.05, 4.69) is 25.9 Å². The lowest BCUT2D eigenvalue weighted by Crippen LogP contribution is -2.44. The van der Waals surface area contributed by atoms with Gasteiger partial charge in [0.15, 0.2) is 11.3 Å². The maximum atomic E-state index is 14.1. The smallest absolute Gasteiger partial charge is 0.274 e. The van der Waals surface area contributed by atoms with E-state index in [1.807, 2.05) is 26.8 Å². The van der Waals surface area contributed by atoms with Crippen LogP contribution >= 0.6 is 0 Å². The van der Waals surface area contributed by atoms with Crippen molar-refractivity contribution in [1.29, 1.82) is 0 Å². The number of hydrogen-bond donors (Lipinski definition) is 3. The number of halogens is 2. The number of nitrogens with zero attached hydrogens (tertiary/aromatic N) is 6. The van der Waals surface area contributed by atoms with Crippen molar-refractivity contribution < 1.29 is 23.5 Å². The van der Waals surface area contributed by atoms with Gasteiger partial charge in [-0.1, -0.05) is 20.8 Å². The summed E-state index contributed by atoms with van der Waals surface area (Å²) >= 11 is 0. The van der Waals surface area contributed by atoms with Crippen molar-refractivity contribution in [2.24, 2.45) is 23.2 Å². The maximum absolute atomic E-state index is 14.1. The fraction of sp³-hybridized carbons (Fsp3) is 0.667. The fourth-order valence-electron chi connectivity index (χ4n) is 5.82. The minimum atomic E-state index is -2.71. The van der Waals surface area contributed by atoms with Crippen molar-refractivity contribution in [2.45, 2.75) is 103 Å². The van der Waals surface area contributed by atoms with E-state index in [-0.39, 0.29) is 49.3 Å². The third-order valence-corrected chi connectivity index (χ3v) is 8.90. The van der Waals surface area contributed by atoms with E-state index in [1.54, 1.807) is 16.9 Å². The first-order chi connectivity index (χ1) is 20.4. The highest BCUT2D eigenvalue weighted by Crippen LogP contribution is 2.43. The van der Waals surface area contributed by atoms with Crippen molar-refractivity contribution in [3.63, 3.8) is 0 Å². The van der Waals surface area contributed by atoms with E-state index in [4.69, 9.17) is 4.98 Å². The Morgan fingerprint density at radius 2 is 1.72 bits per heavy atom. The molecule has 6 rings (SSSR count). The quantitative estimate of drug-likeness (QED) is 0.321. The molecule has 43 heavy (non-hydrogen) atoms. The van der Waals surface area contributed by atoms with E-state index in [1.165, 1.54) is 11.0 Å². The van der Waals surface area contributed by atoms with Crippen molar-refractivity contribution in [1.82, 2.24) is 40.2 Å². The molecule has 0 bridgehead atoms. The van der Waals surface area contributed by atoms with Crippen LogP contribution in [0.15, 0.2) is 24.7 Å². The average Bonchev–Trinajstić information content (AvgIpc) is 3.87. The maximum Gasteiger partial charge on any atom is 0.274 e. The molecule has 0 saturated heterocycles. The first-order valence-corrected chi connectivity index (χ1v) is 15.3. The third kappa shape index (κ3) is 6.86. The summed E-state index contributed by atoms with van der Waals surface area (Å²) in [6, 6.07) is 0.903. The number of amides is 2. The number of carbonyl (C=O) groups is 2. The standard InChI is InChI=1S/C30H40F2N8O3/c1-29(2,3)26(41)28(43)36-24(18-6-7-18)20-12-23-35-22(16-39(23)33-13-20)25(19-8-10-30(31,32)11-9-19)37-27(42)21-14-34-40(38-21)15-17-4-5-17/h12-14,16-19,24-26,41H,4-11,15H2,1-3H3,(H,36,43)(H,37,42)/t24-,25+,26+/m1/s1. The molecule has 232 valence electrons. The van der Waals surface area contributed by atoms with Gasteiger partial charge in [0.25, 0.3) is 5.91 Å². The van der Waals surface area contributed by atoms with Gasteiger partial charge in [-0.3, -0.25) is 9.59 Å². The van der Waals surface area contributed by atoms with Crippen LogP contribution in [0.1, 0.15) is 106 Å². The Bertz CT molecular complexity index is 1480. The summed E-state index contributed by atoms with van der Waals surface area (Å²) in [7, 11) is 0. The third-order valence-electron chi connectivity index (χ3n) is 8.90.